The van der Waals surface area contributed by atoms with Crippen molar-refractivity contribution in [2.24, 2.45) is 0 Å². The van der Waals surface area contributed by atoms with Crippen LogP contribution < -0.4 is 24.6 Å². The molecule has 14 heteroatoms. The van der Waals surface area contributed by atoms with E-state index in [1.807, 2.05) is 4.90 Å². The summed E-state index contributed by atoms with van der Waals surface area (Å²) in [6.45, 7) is 6.57. The van der Waals surface area contributed by atoms with E-state index in [1.54, 1.807) is 33.5 Å². The van der Waals surface area contributed by atoms with Gasteiger partial charge in [-0.3, -0.25) is 14.6 Å². The van der Waals surface area contributed by atoms with Crippen molar-refractivity contribution in [1.29, 1.82) is 0 Å². The van der Waals surface area contributed by atoms with Gasteiger partial charge in [0.2, 0.25) is 11.9 Å². The number of unbranched alkanes of at least 4 members (excludes halogenated alkanes) is 2. The topological polar surface area (TPSA) is 119 Å². The van der Waals surface area contributed by atoms with E-state index < -0.39 is 6.03 Å². The Morgan fingerprint density at radius 3 is 2.33 bits per heavy atom. The number of hydrogen-bond donors (Lipinski definition) is 1. The SMILES string of the molecule is C=CC(=O)N(CCCCC)C1CC(OC)C(OC)CC1Nc1ncc2c(n1)N(C)C(=O)N(c1c(Cl)c(OC)cc(OC)c1Cl)C2. The molecule has 3 amide bonds. The Labute approximate surface area is 274 Å². The Kier molecular flexibility index (Phi) is 11.8. The number of hydrogen-bond acceptors (Lipinski definition) is 9. The lowest BCUT2D eigenvalue weighted by molar-refractivity contribution is -0.133. The van der Waals surface area contributed by atoms with Gasteiger partial charge in [0, 0.05) is 45.6 Å². The van der Waals surface area contributed by atoms with Crippen LogP contribution in [-0.2, 0) is 20.8 Å². The first-order chi connectivity index (χ1) is 21.6. The van der Waals surface area contributed by atoms with Gasteiger partial charge in [-0.25, -0.2) is 9.78 Å². The molecule has 4 atom stereocenters. The molecule has 2 heterocycles. The molecule has 1 aromatic carbocycles. The number of nitrogens with zero attached hydrogens (tertiary/aromatic N) is 5. The van der Waals surface area contributed by atoms with Crippen LogP contribution in [0, 0.1) is 0 Å². The lowest BCUT2D eigenvalue weighted by atomic mass is 9.84. The first-order valence-electron chi connectivity index (χ1n) is 14.9. The number of carbonyl (C=O) groups is 2. The molecule has 45 heavy (non-hydrogen) atoms. The highest BCUT2D eigenvalue weighted by atomic mass is 35.5. The molecule has 2 aliphatic rings. The van der Waals surface area contributed by atoms with Crippen LogP contribution in [0.5, 0.6) is 11.5 Å². The predicted octanol–water partition coefficient (Wildman–Crippen LogP) is 5.55. The Balaban J connectivity index is 1.66. The average Bonchev–Trinajstić information content (AvgIpc) is 3.05. The fourth-order valence-corrected chi connectivity index (χ4v) is 6.73. The van der Waals surface area contributed by atoms with E-state index in [-0.39, 0.29) is 52.5 Å². The standard InChI is InChI=1S/C31H42Cl2N6O6/c1-8-10-11-12-38(25(40)9-2)20-14-22(43-5)21(42-4)13-19(20)35-30-34-16-18-17-39(31(41)37(3)29(18)36-30)28-26(32)23(44-6)15-24(45-7)27(28)33/h9,15-16,19-22H,2,8,10-14,17H2,1,3-7H3,(H,34,35,36). The number of nitrogens with one attached hydrogen (secondary N) is 1. The molecule has 1 aliphatic heterocycles. The second-order valence-electron chi connectivity index (χ2n) is 11.0. The lowest BCUT2D eigenvalue weighted by Gasteiger charge is -2.45. The number of amides is 3. The van der Waals surface area contributed by atoms with Crippen LogP contribution >= 0.6 is 23.2 Å². The monoisotopic (exact) mass is 664 g/mol. The van der Waals surface area contributed by atoms with Gasteiger partial charge in [0.25, 0.3) is 0 Å². The number of urea groups is 1. The second-order valence-corrected chi connectivity index (χ2v) is 11.8. The number of benzene rings is 1. The molecule has 12 nitrogen and oxygen atoms in total. The highest BCUT2D eigenvalue weighted by Gasteiger charge is 2.42. The zero-order valence-electron chi connectivity index (χ0n) is 26.6. The van der Waals surface area contributed by atoms with Gasteiger partial charge < -0.3 is 29.2 Å². The molecule has 0 saturated heterocycles. The molecule has 0 radical (unpaired) electrons. The van der Waals surface area contributed by atoms with Crippen LogP contribution in [0.4, 0.5) is 22.2 Å². The summed E-state index contributed by atoms with van der Waals surface area (Å²) in [5.74, 6) is 1.24. The number of anilines is 3. The van der Waals surface area contributed by atoms with Crippen molar-refractivity contribution in [3.8, 4) is 11.5 Å². The molecule has 1 aromatic heterocycles. The Bertz CT molecular complexity index is 1370. The number of halogens is 2. The Hall–Kier alpha value is -3.32. The molecule has 2 aromatic rings. The minimum atomic E-state index is -0.400. The second kappa shape index (κ2) is 15.3. The molecule has 0 spiro atoms. The zero-order chi connectivity index (χ0) is 32.8. The number of fused-ring (bicyclic) bond motifs is 1. The van der Waals surface area contributed by atoms with E-state index in [0.29, 0.717) is 48.2 Å². The third-order valence-corrected chi connectivity index (χ3v) is 9.18. The van der Waals surface area contributed by atoms with Crippen LogP contribution in [0.3, 0.4) is 0 Å². The summed E-state index contributed by atoms with van der Waals surface area (Å²) in [4.78, 5) is 40.9. The molecule has 0 bridgehead atoms. The molecule has 4 unspecified atom stereocenters. The summed E-state index contributed by atoms with van der Waals surface area (Å²) in [6.07, 6.45) is 6.63. The number of methoxy groups -OCH3 is 4. The van der Waals surface area contributed by atoms with E-state index in [1.165, 1.54) is 30.1 Å². The minimum Gasteiger partial charge on any atom is -0.495 e. The van der Waals surface area contributed by atoms with Gasteiger partial charge >= 0.3 is 6.03 Å². The molecule has 1 N–H and O–H groups in total. The first kappa shape index (κ1) is 34.6. The smallest absolute Gasteiger partial charge is 0.330 e. The third kappa shape index (κ3) is 7.09. The highest BCUT2D eigenvalue weighted by molar-refractivity contribution is 6.42. The molecule has 1 saturated carbocycles. The van der Waals surface area contributed by atoms with Crippen LogP contribution in [0.15, 0.2) is 24.9 Å². The molecular formula is C31H42Cl2N6O6. The fourth-order valence-electron chi connectivity index (χ4n) is 6.03. The van der Waals surface area contributed by atoms with Crippen LogP contribution in [0.2, 0.25) is 10.0 Å². The number of rotatable bonds is 13. The van der Waals surface area contributed by atoms with Crippen molar-refractivity contribution in [2.75, 3.05) is 57.1 Å². The van der Waals surface area contributed by atoms with Crippen molar-refractivity contribution in [1.82, 2.24) is 14.9 Å². The highest BCUT2D eigenvalue weighted by Crippen LogP contribution is 2.47. The summed E-state index contributed by atoms with van der Waals surface area (Å²) in [5, 5.41) is 3.81. The van der Waals surface area contributed by atoms with Crippen molar-refractivity contribution >= 4 is 52.6 Å². The summed E-state index contributed by atoms with van der Waals surface area (Å²) >= 11 is 13.3. The van der Waals surface area contributed by atoms with Gasteiger partial charge in [0.1, 0.15) is 27.4 Å². The quantitative estimate of drug-likeness (QED) is 0.217. The van der Waals surface area contributed by atoms with Crippen molar-refractivity contribution in [3.05, 3.63) is 40.5 Å². The maximum atomic E-state index is 13.7. The molecular weight excluding hydrogens is 623 g/mol. The van der Waals surface area contributed by atoms with E-state index in [9.17, 15) is 9.59 Å². The van der Waals surface area contributed by atoms with Crippen molar-refractivity contribution < 1.29 is 28.5 Å². The van der Waals surface area contributed by atoms with Gasteiger partial charge in [-0.2, -0.15) is 4.98 Å². The first-order valence-corrected chi connectivity index (χ1v) is 15.7. The zero-order valence-corrected chi connectivity index (χ0v) is 28.2. The maximum absolute atomic E-state index is 13.7. The third-order valence-electron chi connectivity index (χ3n) is 8.45. The van der Waals surface area contributed by atoms with Gasteiger partial charge in [-0.1, -0.05) is 49.5 Å². The van der Waals surface area contributed by atoms with Crippen LogP contribution in [0.25, 0.3) is 0 Å². The maximum Gasteiger partial charge on any atom is 0.330 e. The van der Waals surface area contributed by atoms with Crippen LogP contribution in [0.1, 0.15) is 44.6 Å². The Morgan fingerprint density at radius 2 is 1.76 bits per heavy atom. The van der Waals surface area contributed by atoms with E-state index in [4.69, 9.17) is 47.1 Å². The van der Waals surface area contributed by atoms with Crippen LogP contribution in [-0.4, -0.2) is 93.1 Å². The van der Waals surface area contributed by atoms with Gasteiger partial charge in [0.05, 0.1) is 50.7 Å². The van der Waals surface area contributed by atoms with Gasteiger partial charge in [0.15, 0.2) is 0 Å². The van der Waals surface area contributed by atoms with Crippen molar-refractivity contribution in [2.45, 2.75) is 69.9 Å². The number of ether oxygens (including phenoxy) is 4. The normalized spacial score (nSPS) is 21.3. The van der Waals surface area contributed by atoms with E-state index in [2.05, 4.69) is 23.8 Å². The fraction of sp³-hybridized carbons (Fsp3) is 0.548. The summed E-state index contributed by atoms with van der Waals surface area (Å²) in [7, 11) is 7.87. The van der Waals surface area contributed by atoms with E-state index in [0.717, 1.165) is 19.3 Å². The summed E-state index contributed by atoms with van der Waals surface area (Å²) < 4.78 is 22.3. The molecule has 1 aliphatic carbocycles. The Morgan fingerprint density at radius 1 is 1.11 bits per heavy atom. The largest absolute Gasteiger partial charge is 0.495 e. The minimum absolute atomic E-state index is 0.112. The number of carbonyl (C=O) groups excluding carboxylic acids is 2. The van der Waals surface area contributed by atoms with E-state index >= 15 is 0 Å². The average molecular weight is 666 g/mol. The summed E-state index contributed by atoms with van der Waals surface area (Å²) in [6, 6.07) is 0.678. The van der Waals surface area contributed by atoms with Gasteiger partial charge in [-0.05, 0) is 25.3 Å². The molecule has 4 rings (SSSR count). The van der Waals surface area contributed by atoms with Gasteiger partial charge in [-0.15, -0.1) is 0 Å². The predicted molar refractivity (Wildman–Crippen MR) is 175 cm³/mol. The summed E-state index contributed by atoms with van der Waals surface area (Å²) in [5.41, 5.74) is 0.937. The number of aromatic nitrogens is 2. The molecule has 246 valence electrons. The lowest BCUT2D eigenvalue weighted by Crippen LogP contribution is -2.58. The molecule has 1 fully saturated rings. The van der Waals surface area contributed by atoms with Crippen molar-refractivity contribution in [3.63, 3.8) is 0 Å².